The first-order chi connectivity index (χ1) is 18.6. The average Bonchev–Trinajstić information content (AvgIpc) is 3.20. The normalized spacial score (nSPS) is 11.5. The van der Waals surface area contributed by atoms with Crippen molar-refractivity contribution in [2.75, 3.05) is 18.0 Å². The summed E-state index contributed by atoms with van der Waals surface area (Å²) in [6.45, 7) is 3.34. The Labute approximate surface area is 237 Å². The zero-order valence-electron chi connectivity index (χ0n) is 21.4. The minimum Gasteiger partial charge on any atom is -0.497 e. The van der Waals surface area contributed by atoms with Crippen LogP contribution in [-0.4, -0.2) is 38.8 Å². The highest BCUT2D eigenvalue weighted by molar-refractivity contribution is 7.92. The van der Waals surface area contributed by atoms with Crippen LogP contribution in [0.2, 0.25) is 10.0 Å². The summed E-state index contributed by atoms with van der Waals surface area (Å²) in [5.41, 5.74) is 6.02. The van der Waals surface area contributed by atoms with E-state index in [1.165, 1.54) is 25.5 Å². The van der Waals surface area contributed by atoms with E-state index >= 15 is 0 Å². The Balaban J connectivity index is 1.55. The second-order valence-corrected chi connectivity index (χ2v) is 11.3. The minimum absolute atomic E-state index is 0.0606. The molecule has 0 spiro atoms. The highest BCUT2D eigenvalue weighted by Gasteiger charge is 2.27. The molecule has 4 rings (SSSR count). The van der Waals surface area contributed by atoms with Gasteiger partial charge in [0.1, 0.15) is 12.3 Å². The number of hydrogen-bond donors (Lipinski definition) is 1. The van der Waals surface area contributed by atoms with Gasteiger partial charge in [-0.1, -0.05) is 41.4 Å². The van der Waals surface area contributed by atoms with Crippen molar-refractivity contribution >= 4 is 51.0 Å². The van der Waals surface area contributed by atoms with E-state index in [4.69, 9.17) is 27.9 Å². The van der Waals surface area contributed by atoms with Gasteiger partial charge in [0, 0.05) is 22.0 Å². The fraction of sp³-hybridized carbons (Fsp3) is 0.143. The second-order valence-electron chi connectivity index (χ2n) is 8.57. The van der Waals surface area contributed by atoms with Crippen LogP contribution in [0.25, 0.3) is 5.69 Å². The maximum Gasteiger partial charge on any atom is 0.264 e. The number of halogens is 2. The maximum atomic E-state index is 13.4. The van der Waals surface area contributed by atoms with Gasteiger partial charge in [-0.05, 0) is 74.5 Å². The lowest BCUT2D eigenvalue weighted by Crippen LogP contribution is -2.39. The Bertz CT molecular complexity index is 1620. The molecule has 1 aromatic heterocycles. The third kappa shape index (κ3) is 6.27. The molecule has 0 fully saturated rings. The number of benzene rings is 3. The largest absolute Gasteiger partial charge is 0.497 e. The van der Waals surface area contributed by atoms with Crippen LogP contribution in [0, 0.1) is 13.8 Å². The van der Waals surface area contributed by atoms with Gasteiger partial charge < -0.3 is 9.30 Å². The molecule has 8 nitrogen and oxygen atoms in total. The number of methoxy groups -OCH3 is 1. The van der Waals surface area contributed by atoms with E-state index in [0.717, 1.165) is 26.9 Å². The number of nitrogens with one attached hydrogen (secondary N) is 1. The van der Waals surface area contributed by atoms with Crippen molar-refractivity contribution in [1.82, 2.24) is 9.99 Å². The van der Waals surface area contributed by atoms with Gasteiger partial charge in [0.25, 0.3) is 15.9 Å². The smallest absolute Gasteiger partial charge is 0.264 e. The third-order valence-corrected chi connectivity index (χ3v) is 8.32. The highest BCUT2D eigenvalue weighted by Crippen LogP contribution is 2.29. The summed E-state index contributed by atoms with van der Waals surface area (Å²) in [6, 6.07) is 21.5. The van der Waals surface area contributed by atoms with E-state index in [2.05, 4.69) is 10.5 Å². The van der Waals surface area contributed by atoms with Crippen molar-refractivity contribution in [3.05, 3.63) is 106 Å². The first-order valence-electron chi connectivity index (χ1n) is 11.8. The molecule has 0 radical (unpaired) electrons. The summed E-state index contributed by atoms with van der Waals surface area (Å²) >= 11 is 12.4. The van der Waals surface area contributed by atoms with Gasteiger partial charge in [0.2, 0.25) is 0 Å². The van der Waals surface area contributed by atoms with Crippen LogP contribution in [0.1, 0.15) is 17.0 Å². The molecular weight excluding hydrogens is 559 g/mol. The Morgan fingerprint density at radius 1 is 1.03 bits per heavy atom. The first kappa shape index (κ1) is 28.2. The number of carbonyl (C=O) groups excluding carboxylic acids is 1. The van der Waals surface area contributed by atoms with Crippen molar-refractivity contribution in [1.29, 1.82) is 0 Å². The summed E-state index contributed by atoms with van der Waals surface area (Å²) in [5, 5.41) is 5.12. The average molecular weight is 586 g/mol. The Morgan fingerprint density at radius 2 is 1.72 bits per heavy atom. The van der Waals surface area contributed by atoms with Crippen LogP contribution in [0.5, 0.6) is 5.75 Å². The molecule has 0 aliphatic carbocycles. The number of carbonyl (C=O) groups is 1. The number of rotatable bonds is 9. The predicted molar refractivity (Wildman–Crippen MR) is 155 cm³/mol. The zero-order chi connectivity index (χ0) is 28.2. The van der Waals surface area contributed by atoms with Gasteiger partial charge in [-0.3, -0.25) is 9.10 Å². The van der Waals surface area contributed by atoms with E-state index in [-0.39, 0.29) is 4.90 Å². The van der Waals surface area contributed by atoms with Crippen LogP contribution >= 0.6 is 23.2 Å². The number of aryl methyl sites for hydroxylation is 1. The molecule has 0 saturated carbocycles. The summed E-state index contributed by atoms with van der Waals surface area (Å²) in [5.74, 6) is -0.0570. The number of nitrogens with zero attached hydrogens (tertiary/aromatic N) is 3. The minimum atomic E-state index is -4.04. The second kappa shape index (κ2) is 11.9. The van der Waals surface area contributed by atoms with Crippen LogP contribution < -0.4 is 14.5 Å². The van der Waals surface area contributed by atoms with Gasteiger partial charge in [0.05, 0.1) is 34.6 Å². The monoisotopic (exact) mass is 584 g/mol. The molecule has 0 aliphatic rings. The van der Waals surface area contributed by atoms with E-state index in [9.17, 15) is 13.2 Å². The van der Waals surface area contributed by atoms with E-state index in [0.29, 0.717) is 21.5 Å². The molecule has 0 atom stereocenters. The number of sulfonamides is 1. The fourth-order valence-electron chi connectivity index (χ4n) is 4.07. The molecule has 0 saturated heterocycles. The molecule has 1 heterocycles. The summed E-state index contributed by atoms with van der Waals surface area (Å²) < 4.78 is 35.0. The topological polar surface area (TPSA) is 93.0 Å². The Hall–Kier alpha value is -3.79. The lowest BCUT2D eigenvalue weighted by Gasteiger charge is -2.23. The zero-order valence-corrected chi connectivity index (χ0v) is 23.8. The molecule has 1 amide bonds. The van der Waals surface area contributed by atoms with Crippen LogP contribution in [-0.2, 0) is 14.8 Å². The SMILES string of the molecule is COc1ccc(N(CC(=O)N/N=C\c2cc(C)n(-c3ccc(Cl)cc3Cl)c2C)S(=O)(=O)c2ccccc2)cc1. The quantitative estimate of drug-likeness (QED) is 0.200. The summed E-state index contributed by atoms with van der Waals surface area (Å²) in [7, 11) is -2.52. The molecule has 0 bridgehead atoms. The highest BCUT2D eigenvalue weighted by atomic mass is 35.5. The van der Waals surface area contributed by atoms with Crippen LogP contribution in [0.3, 0.4) is 0 Å². The Morgan fingerprint density at radius 3 is 2.36 bits per heavy atom. The maximum absolute atomic E-state index is 13.4. The van der Waals surface area contributed by atoms with Gasteiger partial charge in [-0.15, -0.1) is 0 Å². The van der Waals surface area contributed by atoms with Crippen molar-refractivity contribution in [3.63, 3.8) is 0 Å². The number of ether oxygens (including phenoxy) is 1. The first-order valence-corrected chi connectivity index (χ1v) is 14.0. The molecule has 39 heavy (non-hydrogen) atoms. The number of hydrazone groups is 1. The predicted octanol–water partition coefficient (Wildman–Crippen LogP) is 5.76. The lowest BCUT2D eigenvalue weighted by atomic mass is 10.2. The molecule has 0 unspecified atom stereocenters. The van der Waals surface area contributed by atoms with Crippen LogP contribution in [0.15, 0.2) is 88.9 Å². The number of anilines is 1. The molecule has 3 aromatic carbocycles. The van der Waals surface area contributed by atoms with Crippen molar-refractivity contribution in [2.24, 2.45) is 5.10 Å². The molecule has 4 aromatic rings. The lowest BCUT2D eigenvalue weighted by molar-refractivity contribution is -0.119. The number of amides is 1. The van der Waals surface area contributed by atoms with Gasteiger partial charge in [0.15, 0.2) is 0 Å². The van der Waals surface area contributed by atoms with Gasteiger partial charge in [-0.25, -0.2) is 13.8 Å². The number of aromatic nitrogens is 1. The van der Waals surface area contributed by atoms with E-state index in [1.807, 2.05) is 30.5 Å². The standard InChI is InChI=1S/C28H26Cl2N4O4S/c1-19-15-21(20(2)34(19)27-14-9-22(29)16-26(27)30)17-31-32-28(35)18-33(23-10-12-24(38-3)13-11-23)39(36,37)25-7-5-4-6-8-25/h4-17H,18H2,1-3H3,(H,32,35)/b31-17-. The fourth-order valence-corrected chi connectivity index (χ4v) is 6.01. The molecule has 1 N–H and O–H groups in total. The van der Waals surface area contributed by atoms with Crippen molar-refractivity contribution < 1.29 is 17.9 Å². The van der Waals surface area contributed by atoms with Crippen LogP contribution in [0.4, 0.5) is 5.69 Å². The summed E-state index contributed by atoms with van der Waals surface area (Å²) in [6.07, 6.45) is 1.50. The molecule has 202 valence electrons. The van der Waals surface area contributed by atoms with Gasteiger partial charge in [-0.2, -0.15) is 5.10 Å². The molecular formula is C28H26Cl2N4O4S. The van der Waals surface area contributed by atoms with Crippen molar-refractivity contribution in [2.45, 2.75) is 18.7 Å². The Kier molecular flexibility index (Phi) is 8.64. The van der Waals surface area contributed by atoms with Crippen molar-refractivity contribution in [3.8, 4) is 11.4 Å². The van der Waals surface area contributed by atoms with E-state index < -0.39 is 22.5 Å². The number of hydrogen-bond acceptors (Lipinski definition) is 5. The van der Waals surface area contributed by atoms with E-state index in [1.54, 1.807) is 54.6 Å². The van der Waals surface area contributed by atoms with Gasteiger partial charge >= 0.3 is 0 Å². The molecule has 0 aliphatic heterocycles. The summed E-state index contributed by atoms with van der Waals surface area (Å²) in [4.78, 5) is 12.9. The third-order valence-electron chi connectivity index (χ3n) is 5.99. The molecule has 11 heteroatoms.